The Morgan fingerprint density at radius 2 is 1.56 bits per heavy atom. The summed E-state index contributed by atoms with van der Waals surface area (Å²) in [6.07, 6.45) is 16.1. The lowest BCUT2D eigenvalue weighted by Crippen LogP contribution is -2.28. The van der Waals surface area contributed by atoms with Crippen molar-refractivity contribution in [3.8, 4) is 0 Å². The maximum atomic E-state index is 15.1. The molecule has 2 fully saturated rings. The van der Waals surface area contributed by atoms with Crippen LogP contribution < -0.4 is 0 Å². The number of rotatable bonds is 6. The van der Waals surface area contributed by atoms with Crippen LogP contribution in [-0.2, 0) is 6.42 Å². The van der Waals surface area contributed by atoms with Crippen LogP contribution in [0.4, 0.5) is 8.78 Å². The molecule has 1 unspecified atom stereocenters. The number of halogens is 2. The molecule has 0 N–H and O–H groups in total. The molecule has 0 radical (unpaired) electrons. The summed E-state index contributed by atoms with van der Waals surface area (Å²) in [6, 6.07) is 7.81. The van der Waals surface area contributed by atoms with Crippen LogP contribution in [0.2, 0.25) is 0 Å². The number of aryl methyl sites for hydroxylation is 1. The molecule has 2 heteroatoms. The fourth-order valence-corrected chi connectivity index (χ4v) is 6.61. The van der Waals surface area contributed by atoms with E-state index in [1.54, 1.807) is 0 Å². The number of fused-ring (bicyclic) bond motifs is 1. The molecule has 0 saturated heterocycles. The van der Waals surface area contributed by atoms with Crippen LogP contribution in [-0.4, -0.2) is 0 Å². The largest absolute Gasteiger partial charge is 0.203 e. The molecule has 0 spiro atoms. The lowest BCUT2D eigenvalue weighted by Gasteiger charge is -2.39. The molecule has 2 aromatic rings. The Kier molecular flexibility index (Phi) is 7.69. The predicted molar refractivity (Wildman–Crippen MR) is 132 cm³/mol. The summed E-state index contributed by atoms with van der Waals surface area (Å²) in [7, 11) is 0. The van der Waals surface area contributed by atoms with Gasteiger partial charge in [-0.2, -0.15) is 0 Å². The molecule has 174 valence electrons. The highest BCUT2D eigenvalue weighted by molar-refractivity contribution is 5.85. The summed E-state index contributed by atoms with van der Waals surface area (Å²) >= 11 is 0. The first kappa shape index (κ1) is 23.5. The molecule has 2 aliphatic carbocycles. The standard InChI is InChI=1S/C30H40F2/c1-4-6-21-8-11-23(12-9-21)20(3)24-14-16-25(17-15-24)28-19-26-13-10-22(7-5-2)18-27(26)29(31)30(28)32/h4,6,10,13,18-21,23-25H,5,7-9,11-12,14-17H2,1-3H3/b6-4+. The molecular formula is C30H40F2. The second-order valence-corrected chi connectivity index (χ2v) is 10.6. The van der Waals surface area contributed by atoms with Crippen molar-refractivity contribution in [1.29, 1.82) is 0 Å². The molecule has 0 aliphatic heterocycles. The van der Waals surface area contributed by atoms with E-state index >= 15 is 4.39 Å². The minimum absolute atomic E-state index is 0.151. The van der Waals surface area contributed by atoms with E-state index in [4.69, 9.17) is 0 Å². The van der Waals surface area contributed by atoms with Crippen molar-refractivity contribution in [2.24, 2.45) is 23.7 Å². The molecule has 2 aliphatic rings. The average Bonchev–Trinajstić information content (AvgIpc) is 2.82. The number of hydrogen-bond acceptors (Lipinski definition) is 0. The van der Waals surface area contributed by atoms with E-state index in [2.05, 4.69) is 39.0 Å². The fraction of sp³-hybridized carbons (Fsp3) is 0.600. The summed E-state index contributed by atoms with van der Waals surface area (Å²) in [5.41, 5.74) is 1.69. The monoisotopic (exact) mass is 438 g/mol. The van der Waals surface area contributed by atoms with Gasteiger partial charge >= 0.3 is 0 Å². The zero-order valence-electron chi connectivity index (χ0n) is 20.2. The Hall–Kier alpha value is -1.70. The van der Waals surface area contributed by atoms with Gasteiger partial charge in [0.05, 0.1) is 0 Å². The van der Waals surface area contributed by atoms with Crippen molar-refractivity contribution in [1.82, 2.24) is 0 Å². The quantitative estimate of drug-likeness (QED) is 0.394. The van der Waals surface area contributed by atoms with Gasteiger partial charge in [0.15, 0.2) is 11.6 Å². The highest BCUT2D eigenvalue weighted by Crippen LogP contribution is 2.45. The molecule has 0 aromatic heterocycles. The number of benzene rings is 2. The first-order valence-corrected chi connectivity index (χ1v) is 13.0. The van der Waals surface area contributed by atoms with Crippen molar-refractivity contribution < 1.29 is 8.78 Å². The summed E-state index contributed by atoms with van der Waals surface area (Å²) < 4.78 is 30.1. The fourth-order valence-electron chi connectivity index (χ4n) is 6.61. The third-order valence-corrected chi connectivity index (χ3v) is 8.63. The van der Waals surface area contributed by atoms with Crippen LogP contribution in [0.15, 0.2) is 36.4 Å². The van der Waals surface area contributed by atoms with Gasteiger partial charge in [0.2, 0.25) is 0 Å². The Morgan fingerprint density at radius 1 is 0.906 bits per heavy atom. The van der Waals surface area contributed by atoms with Crippen LogP contribution in [0.3, 0.4) is 0 Å². The van der Waals surface area contributed by atoms with Gasteiger partial charge in [-0.05, 0) is 123 Å². The van der Waals surface area contributed by atoms with E-state index in [0.717, 1.165) is 73.1 Å². The average molecular weight is 439 g/mol. The Labute approximate surface area is 193 Å². The van der Waals surface area contributed by atoms with Crippen molar-refractivity contribution in [2.75, 3.05) is 0 Å². The van der Waals surface area contributed by atoms with Crippen LogP contribution in [0.1, 0.15) is 95.6 Å². The number of hydrogen-bond donors (Lipinski definition) is 0. The van der Waals surface area contributed by atoms with Crippen LogP contribution in [0.25, 0.3) is 10.8 Å². The zero-order chi connectivity index (χ0) is 22.7. The zero-order valence-corrected chi connectivity index (χ0v) is 20.2. The van der Waals surface area contributed by atoms with E-state index in [-0.39, 0.29) is 5.92 Å². The Bertz CT molecular complexity index is 927. The summed E-state index contributed by atoms with van der Waals surface area (Å²) in [5.74, 6) is 2.00. The molecule has 0 amide bonds. The topological polar surface area (TPSA) is 0 Å². The maximum Gasteiger partial charge on any atom is 0.166 e. The van der Waals surface area contributed by atoms with Crippen molar-refractivity contribution >= 4 is 10.8 Å². The molecular weight excluding hydrogens is 398 g/mol. The molecule has 2 saturated carbocycles. The van der Waals surface area contributed by atoms with E-state index in [0.29, 0.717) is 10.9 Å². The minimum Gasteiger partial charge on any atom is -0.203 e. The third kappa shape index (κ3) is 4.95. The first-order chi connectivity index (χ1) is 15.5. The van der Waals surface area contributed by atoms with E-state index < -0.39 is 11.6 Å². The second kappa shape index (κ2) is 10.5. The van der Waals surface area contributed by atoms with Crippen LogP contribution >= 0.6 is 0 Å². The van der Waals surface area contributed by atoms with Gasteiger partial charge in [0.1, 0.15) is 0 Å². The van der Waals surface area contributed by atoms with E-state index in [1.807, 2.05) is 18.2 Å². The second-order valence-electron chi connectivity index (χ2n) is 10.6. The molecule has 0 nitrogen and oxygen atoms in total. The molecule has 2 aromatic carbocycles. The summed E-state index contributed by atoms with van der Waals surface area (Å²) in [6.45, 7) is 6.69. The van der Waals surface area contributed by atoms with Gasteiger partial charge < -0.3 is 0 Å². The molecule has 32 heavy (non-hydrogen) atoms. The minimum atomic E-state index is -0.649. The van der Waals surface area contributed by atoms with Gasteiger partial charge in [0, 0.05) is 5.39 Å². The highest BCUT2D eigenvalue weighted by atomic mass is 19.2. The normalized spacial score (nSPS) is 27.8. The van der Waals surface area contributed by atoms with E-state index in [9.17, 15) is 4.39 Å². The maximum absolute atomic E-state index is 15.1. The Morgan fingerprint density at radius 3 is 2.19 bits per heavy atom. The van der Waals surface area contributed by atoms with Gasteiger partial charge in [-0.15, -0.1) is 0 Å². The van der Waals surface area contributed by atoms with E-state index in [1.165, 1.54) is 25.7 Å². The summed E-state index contributed by atoms with van der Waals surface area (Å²) in [5, 5.41) is 1.28. The van der Waals surface area contributed by atoms with Crippen LogP contribution in [0, 0.1) is 35.3 Å². The van der Waals surface area contributed by atoms with Gasteiger partial charge in [-0.25, -0.2) is 8.78 Å². The first-order valence-electron chi connectivity index (χ1n) is 13.0. The van der Waals surface area contributed by atoms with Gasteiger partial charge in [-0.1, -0.05) is 44.6 Å². The third-order valence-electron chi connectivity index (χ3n) is 8.63. The molecule has 0 heterocycles. The number of allylic oxidation sites excluding steroid dienone is 2. The predicted octanol–water partition coefficient (Wildman–Crippen LogP) is 9.36. The van der Waals surface area contributed by atoms with Gasteiger partial charge in [0.25, 0.3) is 0 Å². The lowest BCUT2D eigenvalue weighted by molar-refractivity contribution is 0.142. The van der Waals surface area contributed by atoms with Crippen molar-refractivity contribution in [3.05, 3.63) is 59.2 Å². The molecule has 4 rings (SSSR count). The smallest absolute Gasteiger partial charge is 0.166 e. The molecule has 0 bridgehead atoms. The van der Waals surface area contributed by atoms with Crippen molar-refractivity contribution in [3.63, 3.8) is 0 Å². The van der Waals surface area contributed by atoms with Crippen molar-refractivity contribution in [2.45, 2.75) is 90.9 Å². The van der Waals surface area contributed by atoms with Crippen LogP contribution in [0.5, 0.6) is 0 Å². The van der Waals surface area contributed by atoms with Gasteiger partial charge in [-0.3, -0.25) is 0 Å². The molecule has 1 atom stereocenters. The highest BCUT2D eigenvalue weighted by Gasteiger charge is 2.33. The Balaban J connectivity index is 1.41. The SMILES string of the molecule is C/C=C/C1CCC(C(C)C2CCC(c3cc4ccc(CCC)cc4c(F)c3F)CC2)CC1. The lowest BCUT2D eigenvalue weighted by atomic mass is 9.67. The summed E-state index contributed by atoms with van der Waals surface area (Å²) in [4.78, 5) is 0.